The van der Waals surface area contributed by atoms with Gasteiger partial charge in [-0.05, 0) is 48.7 Å². The Bertz CT molecular complexity index is 778. The number of carbonyl (C=O) groups excluding carboxylic acids is 1. The van der Waals surface area contributed by atoms with Gasteiger partial charge in [-0.25, -0.2) is 4.39 Å². The minimum atomic E-state index is -0.310. The zero-order valence-corrected chi connectivity index (χ0v) is 15.8. The summed E-state index contributed by atoms with van der Waals surface area (Å²) in [4.78, 5) is 16.9. The normalized spacial score (nSPS) is 20.5. The van der Waals surface area contributed by atoms with E-state index in [4.69, 9.17) is 13.9 Å². The van der Waals surface area contributed by atoms with Crippen molar-refractivity contribution in [2.45, 2.75) is 13.0 Å². The minimum absolute atomic E-state index is 0.0862. The molecule has 2 aliphatic heterocycles. The van der Waals surface area contributed by atoms with Gasteiger partial charge in [0.1, 0.15) is 23.9 Å². The number of piperazine rings is 1. The molecule has 2 aliphatic rings. The van der Waals surface area contributed by atoms with Crippen LogP contribution in [0.4, 0.5) is 4.39 Å². The molecule has 7 heteroatoms. The molecule has 2 saturated heterocycles. The van der Waals surface area contributed by atoms with Gasteiger partial charge in [0, 0.05) is 39.3 Å². The number of carbonyl (C=O) groups is 1. The van der Waals surface area contributed by atoms with Crippen LogP contribution in [-0.2, 0) is 11.3 Å². The number of amides is 1. The molecule has 3 heterocycles. The van der Waals surface area contributed by atoms with Crippen molar-refractivity contribution < 1.29 is 23.1 Å². The van der Waals surface area contributed by atoms with Gasteiger partial charge in [-0.15, -0.1) is 0 Å². The first-order valence-electron chi connectivity index (χ1n) is 9.74. The number of hydrogen-bond donors (Lipinski definition) is 0. The summed E-state index contributed by atoms with van der Waals surface area (Å²) in [5, 5.41) is 0. The first-order valence-corrected chi connectivity index (χ1v) is 9.74. The lowest BCUT2D eigenvalue weighted by molar-refractivity contribution is 0.0578. The molecular formula is C21H25FN2O4. The van der Waals surface area contributed by atoms with E-state index < -0.39 is 0 Å². The van der Waals surface area contributed by atoms with E-state index in [2.05, 4.69) is 4.90 Å². The summed E-state index contributed by atoms with van der Waals surface area (Å²) in [6, 6.07) is 9.22. The Morgan fingerprint density at radius 1 is 1.11 bits per heavy atom. The lowest BCUT2D eigenvalue weighted by Gasteiger charge is -2.35. The summed E-state index contributed by atoms with van der Waals surface area (Å²) < 4.78 is 29.6. The van der Waals surface area contributed by atoms with Crippen LogP contribution in [0.1, 0.15) is 22.7 Å². The van der Waals surface area contributed by atoms with Crippen molar-refractivity contribution in [3.8, 4) is 5.75 Å². The first-order chi connectivity index (χ1) is 13.7. The molecule has 1 unspecified atom stereocenters. The van der Waals surface area contributed by atoms with E-state index in [9.17, 15) is 9.18 Å². The molecule has 1 atom stereocenters. The number of rotatable bonds is 6. The van der Waals surface area contributed by atoms with Crippen molar-refractivity contribution >= 4 is 5.91 Å². The van der Waals surface area contributed by atoms with Crippen molar-refractivity contribution in [3.63, 3.8) is 0 Å². The van der Waals surface area contributed by atoms with Crippen molar-refractivity contribution in [1.82, 2.24) is 9.80 Å². The number of ether oxygens (including phenoxy) is 2. The average Bonchev–Trinajstić information content (AvgIpc) is 3.40. The number of benzene rings is 1. The maximum Gasteiger partial charge on any atom is 0.289 e. The molecular weight excluding hydrogens is 363 g/mol. The van der Waals surface area contributed by atoms with Crippen LogP contribution in [0.25, 0.3) is 0 Å². The van der Waals surface area contributed by atoms with E-state index in [1.54, 1.807) is 24.3 Å². The summed E-state index contributed by atoms with van der Waals surface area (Å²) in [5.74, 6) is 1.67. The third-order valence-corrected chi connectivity index (χ3v) is 5.27. The van der Waals surface area contributed by atoms with E-state index in [1.807, 2.05) is 4.90 Å². The van der Waals surface area contributed by atoms with Crippen molar-refractivity contribution in [1.29, 1.82) is 0 Å². The average molecular weight is 388 g/mol. The fourth-order valence-corrected chi connectivity index (χ4v) is 3.64. The summed E-state index contributed by atoms with van der Waals surface area (Å²) in [5.41, 5.74) is 0. The highest BCUT2D eigenvalue weighted by Crippen LogP contribution is 2.18. The van der Waals surface area contributed by atoms with Gasteiger partial charge >= 0.3 is 0 Å². The Morgan fingerprint density at radius 3 is 2.61 bits per heavy atom. The highest BCUT2D eigenvalue weighted by atomic mass is 19.1. The van der Waals surface area contributed by atoms with Crippen LogP contribution in [0.5, 0.6) is 5.75 Å². The maximum atomic E-state index is 12.9. The van der Waals surface area contributed by atoms with E-state index >= 15 is 0 Å². The number of nitrogens with zero attached hydrogens (tertiary/aromatic N) is 2. The van der Waals surface area contributed by atoms with E-state index in [0.717, 1.165) is 39.3 Å². The highest BCUT2D eigenvalue weighted by Gasteiger charge is 2.26. The predicted octanol–water partition coefficient (Wildman–Crippen LogP) is 2.79. The van der Waals surface area contributed by atoms with Gasteiger partial charge in [0.05, 0.1) is 6.61 Å². The number of halogens is 1. The molecule has 1 aromatic heterocycles. The summed E-state index contributed by atoms with van der Waals surface area (Å²) in [6.07, 6.45) is 1.13. The largest absolute Gasteiger partial charge is 0.486 e. The van der Waals surface area contributed by atoms with Crippen LogP contribution in [0.3, 0.4) is 0 Å². The maximum absolute atomic E-state index is 12.9. The zero-order chi connectivity index (χ0) is 19.3. The molecule has 0 N–H and O–H groups in total. The standard InChI is InChI=1S/C21H25FN2O4/c22-17-1-3-18(4-2-17)27-15-19-5-6-20(28-19)21(25)24-10-8-23(9-11-24)13-16-7-12-26-14-16/h1-6,16H,7-15H2. The third-order valence-electron chi connectivity index (χ3n) is 5.27. The molecule has 28 heavy (non-hydrogen) atoms. The van der Waals surface area contributed by atoms with Crippen LogP contribution in [0.15, 0.2) is 40.8 Å². The smallest absolute Gasteiger partial charge is 0.289 e. The zero-order valence-electron chi connectivity index (χ0n) is 15.8. The van der Waals surface area contributed by atoms with Gasteiger partial charge in [-0.2, -0.15) is 0 Å². The molecule has 2 aromatic rings. The molecule has 0 spiro atoms. The van der Waals surface area contributed by atoms with Crippen LogP contribution >= 0.6 is 0 Å². The first kappa shape index (κ1) is 19.0. The Kier molecular flexibility index (Phi) is 5.92. The van der Waals surface area contributed by atoms with Crippen LogP contribution in [-0.4, -0.2) is 61.6 Å². The quantitative estimate of drug-likeness (QED) is 0.762. The van der Waals surface area contributed by atoms with E-state index in [-0.39, 0.29) is 18.3 Å². The Morgan fingerprint density at radius 2 is 1.89 bits per heavy atom. The molecule has 2 fully saturated rings. The molecule has 1 amide bonds. The number of furan rings is 1. The molecule has 0 radical (unpaired) electrons. The summed E-state index contributed by atoms with van der Waals surface area (Å²) >= 11 is 0. The van der Waals surface area contributed by atoms with E-state index in [0.29, 0.717) is 36.3 Å². The molecule has 0 aliphatic carbocycles. The van der Waals surface area contributed by atoms with Gasteiger partial charge in [-0.3, -0.25) is 9.69 Å². The lowest BCUT2D eigenvalue weighted by Crippen LogP contribution is -2.49. The van der Waals surface area contributed by atoms with Crippen molar-refractivity contribution in [3.05, 3.63) is 53.7 Å². The van der Waals surface area contributed by atoms with Gasteiger partial charge in [-0.1, -0.05) is 0 Å². The Labute approximate surface area is 163 Å². The number of hydrogen-bond acceptors (Lipinski definition) is 5. The van der Waals surface area contributed by atoms with Crippen molar-refractivity contribution in [2.75, 3.05) is 45.9 Å². The molecule has 4 rings (SSSR count). The van der Waals surface area contributed by atoms with Gasteiger partial charge in [0.25, 0.3) is 5.91 Å². The minimum Gasteiger partial charge on any atom is -0.486 e. The van der Waals surface area contributed by atoms with Gasteiger partial charge < -0.3 is 18.8 Å². The fraction of sp³-hybridized carbons (Fsp3) is 0.476. The van der Waals surface area contributed by atoms with Crippen molar-refractivity contribution in [2.24, 2.45) is 5.92 Å². The van der Waals surface area contributed by atoms with Crippen LogP contribution < -0.4 is 4.74 Å². The molecule has 1 aromatic carbocycles. The fourth-order valence-electron chi connectivity index (χ4n) is 3.64. The van der Waals surface area contributed by atoms with Crippen LogP contribution in [0.2, 0.25) is 0 Å². The molecule has 0 saturated carbocycles. The molecule has 150 valence electrons. The summed E-state index contributed by atoms with van der Waals surface area (Å²) in [6.45, 7) is 6.13. The monoisotopic (exact) mass is 388 g/mol. The van der Waals surface area contributed by atoms with E-state index in [1.165, 1.54) is 12.1 Å². The molecule has 0 bridgehead atoms. The second kappa shape index (κ2) is 8.75. The topological polar surface area (TPSA) is 55.2 Å². The third kappa shape index (κ3) is 4.72. The highest BCUT2D eigenvalue weighted by molar-refractivity contribution is 5.91. The second-order valence-corrected chi connectivity index (χ2v) is 7.33. The van der Waals surface area contributed by atoms with Gasteiger partial charge in [0.15, 0.2) is 5.76 Å². The second-order valence-electron chi connectivity index (χ2n) is 7.33. The Hall–Kier alpha value is -2.38. The predicted molar refractivity (Wildman–Crippen MR) is 101 cm³/mol. The lowest BCUT2D eigenvalue weighted by atomic mass is 10.1. The van der Waals surface area contributed by atoms with Crippen LogP contribution in [0, 0.1) is 11.7 Å². The SMILES string of the molecule is O=C(c1ccc(COc2ccc(F)cc2)o1)N1CCN(CC2CCOC2)CC1. The molecule has 6 nitrogen and oxygen atoms in total. The Balaban J connectivity index is 1.25. The van der Waals surface area contributed by atoms with Gasteiger partial charge in [0.2, 0.25) is 0 Å². The summed E-state index contributed by atoms with van der Waals surface area (Å²) in [7, 11) is 0.